The van der Waals surface area contributed by atoms with Gasteiger partial charge in [-0.2, -0.15) is 4.68 Å². The third-order valence-corrected chi connectivity index (χ3v) is 3.14. The molecule has 2 aromatic rings. The first-order chi connectivity index (χ1) is 7.91. The highest BCUT2D eigenvalue weighted by atomic mass is 35.5. The highest BCUT2D eigenvalue weighted by Crippen LogP contribution is 2.24. The normalized spacial score (nSPS) is 11.7. The molecule has 1 heterocycles. The summed E-state index contributed by atoms with van der Waals surface area (Å²) in [5.41, 5.74) is -0.195. The summed E-state index contributed by atoms with van der Waals surface area (Å²) in [5, 5.41) is 9.51. The van der Waals surface area contributed by atoms with Gasteiger partial charge in [0.2, 0.25) is 9.84 Å². The number of halogens is 2. The molecule has 0 N–H and O–H groups in total. The van der Waals surface area contributed by atoms with Crippen LogP contribution in [0.3, 0.4) is 0 Å². The van der Waals surface area contributed by atoms with Crippen LogP contribution in [0.25, 0.3) is 5.69 Å². The van der Waals surface area contributed by atoms with Crippen LogP contribution in [0.2, 0.25) is 5.02 Å². The SMILES string of the molecule is CS(=O)(=O)c1nnnn1-c1c(F)cccc1Cl. The summed E-state index contributed by atoms with van der Waals surface area (Å²) in [6.45, 7) is 0. The Bertz CT molecular complexity index is 650. The summed E-state index contributed by atoms with van der Waals surface area (Å²) in [7, 11) is -3.67. The van der Waals surface area contributed by atoms with Crippen molar-refractivity contribution in [2.24, 2.45) is 0 Å². The fourth-order valence-corrected chi connectivity index (χ4v) is 2.11. The minimum atomic E-state index is -3.67. The minimum Gasteiger partial charge on any atom is -0.221 e. The molecule has 6 nitrogen and oxygen atoms in total. The van der Waals surface area contributed by atoms with Crippen molar-refractivity contribution in [2.75, 3.05) is 6.26 Å². The van der Waals surface area contributed by atoms with E-state index in [-0.39, 0.29) is 10.7 Å². The van der Waals surface area contributed by atoms with Crippen molar-refractivity contribution in [1.29, 1.82) is 0 Å². The van der Waals surface area contributed by atoms with Gasteiger partial charge in [0.05, 0.1) is 5.02 Å². The zero-order chi connectivity index (χ0) is 12.6. The molecular weight excluding hydrogens is 271 g/mol. The van der Waals surface area contributed by atoms with Gasteiger partial charge in [0.1, 0.15) is 5.69 Å². The van der Waals surface area contributed by atoms with Gasteiger partial charge in [0, 0.05) is 6.26 Å². The van der Waals surface area contributed by atoms with Crippen LogP contribution in [0, 0.1) is 5.82 Å². The van der Waals surface area contributed by atoms with Crippen LogP contribution < -0.4 is 0 Å². The molecule has 17 heavy (non-hydrogen) atoms. The van der Waals surface area contributed by atoms with E-state index in [4.69, 9.17) is 11.6 Å². The third kappa shape index (κ3) is 2.13. The maximum absolute atomic E-state index is 13.6. The lowest BCUT2D eigenvalue weighted by atomic mass is 10.3. The van der Waals surface area contributed by atoms with Crippen molar-refractivity contribution in [3.05, 3.63) is 29.0 Å². The standard InChI is InChI=1S/C8H6ClFN4O2S/c1-17(15,16)8-11-12-13-14(8)7-5(9)3-2-4-6(7)10/h2-4H,1H3. The molecule has 2 rings (SSSR count). The van der Waals surface area contributed by atoms with E-state index in [9.17, 15) is 12.8 Å². The number of tetrazole rings is 1. The number of aromatic nitrogens is 4. The van der Waals surface area contributed by atoms with Gasteiger partial charge in [-0.1, -0.05) is 22.8 Å². The van der Waals surface area contributed by atoms with Crippen LogP contribution in [0.4, 0.5) is 4.39 Å². The van der Waals surface area contributed by atoms with Crippen molar-refractivity contribution in [1.82, 2.24) is 20.2 Å². The fourth-order valence-electron chi connectivity index (χ4n) is 1.24. The largest absolute Gasteiger partial charge is 0.272 e. The average Bonchev–Trinajstić information content (AvgIpc) is 2.65. The van der Waals surface area contributed by atoms with Crippen molar-refractivity contribution in [3.63, 3.8) is 0 Å². The van der Waals surface area contributed by atoms with Gasteiger partial charge in [0.25, 0.3) is 5.16 Å². The van der Waals surface area contributed by atoms with E-state index in [1.54, 1.807) is 0 Å². The molecule has 0 aliphatic rings. The predicted molar refractivity (Wildman–Crippen MR) is 57.2 cm³/mol. The number of rotatable bonds is 2. The van der Waals surface area contributed by atoms with Gasteiger partial charge in [-0.25, -0.2) is 12.8 Å². The van der Waals surface area contributed by atoms with Gasteiger partial charge in [0.15, 0.2) is 5.82 Å². The fraction of sp³-hybridized carbons (Fsp3) is 0.125. The third-order valence-electron chi connectivity index (χ3n) is 1.92. The summed E-state index contributed by atoms with van der Waals surface area (Å²) in [6.07, 6.45) is 0.921. The van der Waals surface area contributed by atoms with E-state index in [2.05, 4.69) is 15.5 Å². The van der Waals surface area contributed by atoms with E-state index < -0.39 is 20.8 Å². The summed E-state index contributed by atoms with van der Waals surface area (Å²) < 4.78 is 37.1. The molecule has 0 saturated heterocycles. The van der Waals surface area contributed by atoms with E-state index in [0.717, 1.165) is 17.0 Å². The summed E-state index contributed by atoms with van der Waals surface area (Å²) in [6, 6.07) is 3.94. The first-order valence-corrected chi connectivity index (χ1v) is 6.61. The quantitative estimate of drug-likeness (QED) is 0.813. The number of nitrogens with zero attached hydrogens (tertiary/aromatic N) is 4. The molecule has 1 aromatic heterocycles. The van der Waals surface area contributed by atoms with E-state index in [1.807, 2.05) is 0 Å². The highest BCUT2D eigenvalue weighted by molar-refractivity contribution is 7.90. The molecule has 0 saturated carbocycles. The molecule has 0 amide bonds. The van der Waals surface area contributed by atoms with E-state index in [1.165, 1.54) is 12.1 Å². The van der Waals surface area contributed by atoms with E-state index in [0.29, 0.717) is 0 Å². The Balaban J connectivity index is 2.75. The molecule has 0 bridgehead atoms. The number of hydrogen-bond acceptors (Lipinski definition) is 5. The van der Waals surface area contributed by atoms with Crippen molar-refractivity contribution < 1.29 is 12.8 Å². The number of benzene rings is 1. The average molecular weight is 277 g/mol. The van der Waals surface area contributed by atoms with Crippen LogP contribution >= 0.6 is 11.6 Å². The second-order valence-corrected chi connectivity index (χ2v) is 5.53. The van der Waals surface area contributed by atoms with Crippen LogP contribution in [-0.2, 0) is 9.84 Å². The smallest absolute Gasteiger partial charge is 0.221 e. The Morgan fingerprint density at radius 3 is 2.71 bits per heavy atom. The van der Waals surface area contributed by atoms with Crippen molar-refractivity contribution in [2.45, 2.75) is 5.16 Å². The molecule has 0 aliphatic carbocycles. The lowest BCUT2D eigenvalue weighted by Crippen LogP contribution is -2.10. The molecule has 0 atom stereocenters. The number of hydrogen-bond donors (Lipinski definition) is 0. The zero-order valence-electron chi connectivity index (χ0n) is 8.50. The molecule has 90 valence electrons. The van der Waals surface area contributed by atoms with Crippen LogP contribution in [0.1, 0.15) is 0 Å². The lowest BCUT2D eigenvalue weighted by Gasteiger charge is -2.05. The van der Waals surface area contributed by atoms with E-state index >= 15 is 0 Å². The molecule has 0 spiro atoms. The van der Waals surface area contributed by atoms with Gasteiger partial charge in [-0.3, -0.25) is 0 Å². The lowest BCUT2D eigenvalue weighted by molar-refractivity contribution is 0.574. The topological polar surface area (TPSA) is 77.7 Å². The van der Waals surface area contributed by atoms with Gasteiger partial charge in [-0.15, -0.1) is 0 Å². The first kappa shape index (κ1) is 11.9. The summed E-state index contributed by atoms with van der Waals surface area (Å²) >= 11 is 5.79. The maximum Gasteiger partial charge on any atom is 0.272 e. The Labute approximate surface area is 101 Å². The van der Waals surface area contributed by atoms with Gasteiger partial charge in [-0.05, 0) is 22.6 Å². The molecule has 9 heteroatoms. The molecule has 0 aliphatic heterocycles. The monoisotopic (exact) mass is 276 g/mol. The van der Waals surface area contributed by atoms with Gasteiger partial charge < -0.3 is 0 Å². The second kappa shape index (κ2) is 4.04. The summed E-state index contributed by atoms with van der Waals surface area (Å²) in [4.78, 5) is 0. The zero-order valence-corrected chi connectivity index (χ0v) is 10.1. The van der Waals surface area contributed by atoms with Gasteiger partial charge >= 0.3 is 0 Å². The highest BCUT2D eigenvalue weighted by Gasteiger charge is 2.22. The Hall–Kier alpha value is -1.54. The second-order valence-electron chi connectivity index (χ2n) is 3.22. The first-order valence-electron chi connectivity index (χ1n) is 4.34. The van der Waals surface area contributed by atoms with Crippen LogP contribution in [0.15, 0.2) is 23.4 Å². The molecule has 0 fully saturated rings. The molecule has 0 radical (unpaired) electrons. The molecular formula is C8H6ClFN4O2S. The molecule has 1 aromatic carbocycles. The number of sulfone groups is 1. The Morgan fingerprint density at radius 2 is 2.12 bits per heavy atom. The summed E-state index contributed by atoms with van der Waals surface area (Å²) in [5.74, 6) is -0.713. The van der Waals surface area contributed by atoms with Crippen molar-refractivity contribution in [3.8, 4) is 5.69 Å². The van der Waals surface area contributed by atoms with Crippen LogP contribution in [0.5, 0.6) is 0 Å². The van der Waals surface area contributed by atoms with Crippen LogP contribution in [-0.4, -0.2) is 34.9 Å². The number of para-hydroxylation sites is 1. The minimum absolute atomic E-state index is 0.0159. The van der Waals surface area contributed by atoms with Crippen molar-refractivity contribution >= 4 is 21.4 Å². The Kier molecular flexibility index (Phi) is 2.84. The maximum atomic E-state index is 13.6. The predicted octanol–water partition coefficient (Wildman–Crippen LogP) is 0.858. The Morgan fingerprint density at radius 1 is 1.41 bits per heavy atom. The molecule has 0 unspecified atom stereocenters.